The van der Waals surface area contributed by atoms with E-state index in [1.165, 1.54) is 0 Å². The number of carbonyl (C=O) groups excluding carboxylic acids is 3. The van der Waals surface area contributed by atoms with Gasteiger partial charge in [-0.15, -0.1) is 10.2 Å². The summed E-state index contributed by atoms with van der Waals surface area (Å²) in [5.74, 6) is -1.54. The first-order chi connectivity index (χ1) is 15.7. The zero-order valence-corrected chi connectivity index (χ0v) is 18.5. The fourth-order valence-corrected chi connectivity index (χ4v) is 4.93. The molecule has 3 fully saturated rings. The van der Waals surface area contributed by atoms with Crippen LogP contribution in [0.3, 0.4) is 0 Å². The smallest absolute Gasteiger partial charge is 0.378 e. The summed E-state index contributed by atoms with van der Waals surface area (Å²) in [4.78, 5) is 39.1. The summed E-state index contributed by atoms with van der Waals surface area (Å²) < 4.78 is 45.7. The number of hydrogen-bond donors (Lipinski definition) is 2. The van der Waals surface area contributed by atoms with Crippen LogP contribution in [0.4, 0.5) is 23.9 Å². The van der Waals surface area contributed by atoms with E-state index in [4.69, 9.17) is 4.74 Å². The van der Waals surface area contributed by atoms with Crippen LogP contribution in [-0.2, 0) is 20.9 Å². The first-order valence-corrected chi connectivity index (χ1v) is 11.6. The van der Waals surface area contributed by atoms with Gasteiger partial charge in [-0.2, -0.15) is 18.2 Å². The van der Waals surface area contributed by atoms with Gasteiger partial charge in [-0.3, -0.25) is 19.6 Å². The molecule has 4 rings (SSSR count). The minimum Gasteiger partial charge on any atom is -0.378 e. The van der Waals surface area contributed by atoms with Gasteiger partial charge in [0.05, 0.1) is 19.0 Å². The van der Waals surface area contributed by atoms with Crippen LogP contribution >= 0.6 is 11.8 Å². The molecule has 2 N–H and O–H groups in total. The van der Waals surface area contributed by atoms with Gasteiger partial charge in [0.15, 0.2) is 5.16 Å². The maximum Gasteiger partial charge on any atom is 0.406 e. The number of imide groups is 1. The highest BCUT2D eigenvalue weighted by Crippen LogP contribution is 2.33. The number of ether oxygens (including phenoxy) is 1. The normalized spacial score (nSPS) is 20.9. The molecule has 3 aliphatic rings. The number of morpholine rings is 1. The standard InChI is InChI=1S/C18H24F3N7O4S/c19-18(20,21)11-27-14(26-6-8-32-9-7-26)23-24-16(27)33-10-12(29)25-28-13(30)17(22-15(28)31)4-2-1-3-5-17/h1-11H2,(H,22,31)(H,25,29). The number of aromatic nitrogens is 3. The number of urea groups is 1. The Bertz CT molecular complexity index is 913. The van der Waals surface area contributed by atoms with Gasteiger partial charge in [-0.05, 0) is 12.8 Å². The van der Waals surface area contributed by atoms with E-state index in [1.54, 1.807) is 4.90 Å². The number of nitrogens with zero attached hydrogens (tertiary/aromatic N) is 5. The number of hydrogen-bond acceptors (Lipinski definition) is 8. The highest BCUT2D eigenvalue weighted by molar-refractivity contribution is 7.99. The molecule has 4 amide bonds. The van der Waals surface area contributed by atoms with Crippen molar-refractivity contribution in [2.75, 3.05) is 37.0 Å². The number of amides is 4. The van der Waals surface area contributed by atoms with Crippen molar-refractivity contribution in [2.45, 2.75) is 55.5 Å². The van der Waals surface area contributed by atoms with Crippen molar-refractivity contribution in [3.63, 3.8) is 0 Å². The van der Waals surface area contributed by atoms with Crippen LogP contribution in [0, 0.1) is 0 Å². The predicted octanol–water partition coefficient (Wildman–Crippen LogP) is 1.05. The monoisotopic (exact) mass is 491 g/mol. The van der Waals surface area contributed by atoms with Crippen molar-refractivity contribution in [1.82, 2.24) is 30.5 Å². The van der Waals surface area contributed by atoms with Crippen LogP contribution in [0.5, 0.6) is 0 Å². The summed E-state index contributed by atoms with van der Waals surface area (Å²) in [6.45, 7) is 0.144. The van der Waals surface area contributed by atoms with E-state index < -0.39 is 36.1 Å². The van der Waals surface area contributed by atoms with Crippen molar-refractivity contribution in [3.05, 3.63) is 0 Å². The van der Waals surface area contributed by atoms with E-state index in [2.05, 4.69) is 20.9 Å². The molecule has 0 aromatic carbocycles. The highest BCUT2D eigenvalue weighted by atomic mass is 32.2. The second-order valence-electron chi connectivity index (χ2n) is 8.12. The van der Waals surface area contributed by atoms with Crippen LogP contribution < -0.4 is 15.6 Å². The number of alkyl halides is 3. The molecular weight excluding hydrogens is 467 g/mol. The fraction of sp³-hybridized carbons (Fsp3) is 0.722. The second-order valence-corrected chi connectivity index (χ2v) is 9.06. The van der Waals surface area contributed by atoms with Crippen LogP contribution in [0.2, 0.25) is 0 Å². The van der Waals surface area contributed by atoms with Crippen molar-refractivity contribution < 1.29 is 32.3 Å². The summed E-state index contributed by atoms with van der Waals surface area (Å²) >= 11 is 0.743. The lowest BCUT2D eigenvalue weighted by molar-refractivity contribution is -0.141. The molecule has 2 saturated heterocycles. The Kier molecular flexibility index (Phi) is 6.70. The predicted molar refractivity (Wildman–Crippen MR) is 109 cm³/mol. The minimum atomic E-state index is -4.52. The van der Waals surface area contributed by atoms with Gasteiger partial charge < -0.3 is 15.0 Å². The third kappa shape index (κ3) is 5.18. The molecule has 2 aliphatic heterocycles. The maximum atomic E-state index is 13.2. The lowest BCUT2D eigenvalue weighted by atomic mass is 9.82. The van der Waals surface area contributed by atoms with Gasteiger partial charge >= 0.3 is 12.2 Å². The molecule has 33 heavy (non-hydrogen) atoms. The Morgan fingerprint density at radius 1 is 1.15 bits per heavy atom. The summed E-state index contributed by atoms with van der Waals surface area (Å²) in [6, 6.07) is -0.713. The molecule has 11 nitrogen and oxygen atoms in total. The number of thioether (sulfide) groups is 1. The minimum absolute atomic E-state index is 0.0480. The Morgan fingerprint density at radius 3 is 2.52 bits per heavy atom. The average molecular weight is 491 g/mol. The number of rotatable bonds is 6. The Morgan fingerprint density at radius 2 is 1.85 bits per heavy atom. The van der Waals surface area contributed by atoms with Crippen molar-refractivity contribution in [1.29, 1.82) is 0 Å². The molecule has 1 aromatic heterocycles. The molecule has 1 saturated carbocycles. The van der Waals surface area contributed by atoms with E-state index in [1.807, 2.05) is 0 Å². The first-order valence-electron chi connectivity index (χ1n) is 10.6. The number of nitrogens with one attached hydrogen (secondary N) is 2. The number of anilines is 1. The molecule has 182 valence electrons. The van der Waals surface area contributed by atoms with E-state index >= 15 is 0 Å². The third-order valence-electron chi connectivity index (χ3n) is 5.77. The molecule has 1 aromatic rings. The zero-order chi connectivity index (χ0) is 23.6. The highest BCUT2D eigenvalue weighted by Gasteiger charge is 2.52. The molecule has 0 unspecified atom stereocenters. The van der Waals surface area contributed by atoms with Gasteiger partial charge in [0.2, 0.25) is 11.9 Å². The molecule has 15 heteroatoms. The van der Waals surface area contributed by atoms with Gasteiger partial charge in [-0.1, -0.05) is 31.0 Å². The fourth-order valence-electron chi connectivity index (χ4n) is 4.21. The van der Waals surface area contributed by atoms with Crippen LogP contribution in [0.15, 0.2) is 5.16 Å². The first kappa shape index (κ1) is 23.6. The summed E-state index contributed by atoms with van der Waals surface area (Å²) in [6.07, 6.45) is -0.949. The van der Waals surface area contributed by atoms with Crippen molar-refractivity contribution >= 4 is 35.6 Å². The Hall–Kier alpha value is -2.55. The Balaban J connectivity index is 1.41. The zero-order valence-electron chi connectivity index (χ0n) is 17.7. The van der Waals surface area contributed by atoms with E-state index in [9.17, 15) is 27.6 Å². The Labute approximate surface area is 191 Å². The average Bonchev–Trinajstić information content (AvgIpc) is 3.26. The van der Waals surface area contributed by atoms with Gasteiger partial charge in [-0.25, -0.2) is 4.79 Å². The molecular formula is C18H24F3N7O4S. The van der Waals surface area contributed by atoms with E-state index in [0.29, 0.717) is 44.2 Å². The maximum absolute atomic E-state index is 13.2. The number of halogens is 3. The molecule has 0 radical (unpaired) electrons. The molecule has 3 heterocycles. The van der Waals surface area contributed by atoms with Gasteiger partial charge in [0.25, 0.3) is 5.91 Å². The number of carbonyl (C=O) groups is 3. The SMILES string of the molecule is O=C(CSc1nnc(N2CCOCC2)n1CC(F)(F)F)NN1C(=O)NC2(CCCCC2)C1=O. The van der Waals surface area contributed by atoms with Crippen molar-refractivity contribution in [2.24, 2.45) is 0 Å². The third-order valence-corrected chi connectivity index (χ3v) is 6.73. The van der Waals surface area contributed by atoms with Gasteiger partial charge in [0.1, 0.15) is 12.1 Å². The topological polar surface area (TPSA) is 122 Å². The summed E-state index contributed by atoms with van der Waals surface area (Å²) in [5, 5.41) is 11.0. The van der Waals surface area contributed by atoms with Gasteiger partial charge in [0, 0.05) is 13.1 Å². The van der Waals surface area contributed by atoms with Crippen LogP contribution in [0.1, 0.15) is 32.1 Å². The quantitative estimate of drug-likeness (QED) is 0.448. The lowest BCUT2D eigenvalue weighted by Crippen LogP contribution is -2.51. The van der Waals surface area contributed by atoms with Crippen LogP contribution in [0.25, 0.3) is 0 Å². The second kappa shape index (κ2) is 9.37. The van der Waals surface area contributed by atoms with E-state index in [0.717, 1.165) is 35.6 Å². The molecule has 0 bridgehead atoms. The largest absolute Gasteiger partial charge is 0.406 e. The molecule has 0 atom stereocenters. The summed E-state index contributed by atoms with van der Waals surface area (Å²) in [7, 11) is 0. The van der Waals surface area contributed by atoms with E-state index in [-0.39, 0.29) is 16.9 Å². The van der Waals surface area contributed by atoms with Crippen LogP contribution in [-0.4, -0.2) is 81.4 Å². The summed E-state index contributed by atoms with van der Waals surface area (Å²) in [5.41, 5.74) is 1.27. The lowest BCUT2D eigenvalue weighted by Gasteiger charge is -2.30. The molecule has 1 spiro atoms. The number of hydrazine groups is 1. The van der Waals surface area contributed by atoms with Crippen molar-refractivity contribution in [3.8, 4) is 0 Å². The molecule has 1 aliphatic carbocycles.